The molecule has 0 aromatic rings. The molecular formula is C15H25NO2. The van der Waals surface area contributed by atoms with Gasteiger partial charge < -0.3 is 10.4 Å². The molecule has 1 aliphatic carbocycles. The summed E-state index contributed by atoms with van der Waals surface area (Å²) in [6.07, 6.45) is 8.95. The monoisotopic (exact) mass is 251 g/mol. The zero-order chi connectivity index (χ0) is 13.4. The van der Waals surface area contributed by atoms with Gasteiger partial charge in [-0.25, -0.2) is 0 Å². The predicted molar refractivity (Wildman–Crippen MR) is 74.1 cm³/mol. The summed E-state index contributed by atoms with van der Waals surface area (Å²) < 4.78 is 0. The summed E-state index contributed by atoms with van der Waals surface area (Å²) in [5, 5.41) is 12.2. The van der Waals surface area contributed by atoms with Crippen molar-refractivity contribution in [3.63, 3.8) is 0 Å². The summed E-state index contributed by atoms with van der Waals surface area (Å²) in [7, 11) is 0. The molecule has 0 aliphatic heterocycles. The number of rotatable bonds is 7. The van der Waals surface area contributed by atoms with E-state index in [1.54, 1.807) is 12.2 Å². The number of carbonyl (C=O) groups is 1. The molecule has 0 aromatic heterocycles. The standard InChI is InChI=1S/C15H25NO2/c1-3-5-13(6-4-2)15(18)16-14-9-7-12(11-17)8-10-14/h3-4,12-14,17H,1-2,5-11H2,(H,16,18). The van der Waals surface area contributed by atoms with Crippen LogP contribution in [-0.4, -0.2) is 23.7 Å². The maximum atomic E-state index is 12.1. The molecule has 0 heterocycles. The van der Waals surface area contributed by atoms with Gasteiger partial charge in [-0.05, 0) is 44.4 Å². The van der Waals surface area contributed by atoms with Crippen LogP contribution >= 0.6 is 0 Å². The third-order valence-electron chi connectivity index (χ3n) is 3.72. The fourth-order valence-electron chi connectivity index (χ4n) is 2.52. The number of hydrogen-bond donors (Lipinski definition) is 2. The molecule has 0 bridgehead atoms. The first-order valence-corrected chi connectivity index (χ1v) is 6.84. The van der Waals surface area contributed by atoms with E-state index < -0.39 is 0 Å². The molecule has 1 amide bonds. The molecule has 1 aliphatic rings. The van der Waals surface area contributed by atoms with Crippen molar-refractivity contribution in [2.24, 2.45) is 11.8 Å². The van der Waals surface area contributed by atoms with E-state index in [1.807, 2.05) is 0 Å². The molecule has 0 radical (unpaired) electrons. The van der Waals surface area contributed by atoms with Gasteiger partial charge in [0.15, 0.2) is 0 Å². The van der Waals surface area contributed by atoms with Gasteiger partial charge in [0.1, 0.15) is 0 Å². The highest BCUT2D eigenvalue weighted by Crippen LogP contribution is 2.24. The van der Waals surface area contributed by atoms with Gasteiger partial charge in [0.25, 0.3) is 0 Å². The Kier molecular flexibility index (Phi) is 6.73. The van der Waals surface area contributed by atoms with E-state index >= 15 is 0 Å². The second-order valence-corrected chi connectivity index (χ2v) is 5.15. The van der Waals surface area contributed by atoms with Crippen molar-refractivity contribution in [1.29, 1.82) is 0 Å². The first-order chi connectivity index (χ1) is 8.71. The van der Waals surface area contributed by atoms with Crippen LogP contribution in [0.5, 0.6) is 0 Å². The second-order valence-electron chi connectivity index (χ2n) is 5.15. The molecule has 0 saturated heterocycles. The minimum atomic E-state index is -0.0319. The third kappa shape index (κ3) is 4.65. The van der Waals surface area contributed by atoms with E-state index in [9.17, 15) is 4.79 Å². The Labute approximate surface area is 110 Å². The lowest BCUT2D eigenvalue weighted by molar-refractivity contribution is -0.125. The lowest BCUT2D eigenvalue weighted by Crippen LogP contribution is -2.41. The largest absolute Gasteiger partial charge is 0.396 e. The molecule has 3 nitrogen and oxygen atoms in total. The topological polar surface area (TPSA) is 49.3 Å². The van der Waals surface area contributed by atoms with Crippen LogP contribution in [-0.2, 0) is 4.79 Å². The number of amides is 1. The Hall–Kier alpha value is -1.09. The molecule has 1 saturated carbocycles. The van der Waals surface area contributed by atoms with Crippen molar-refractivity contribution in [3.05, 3.63) is 25.3 Å². The summed E-state index contributed by atoms with van der Waals surface area (Å²) in [6.45, 7) is 7.66. The van der Waals surface area contributed by atoms with Crippen LogP contribution in [0, 0.1) is 11.8 Å². The molecule has 18 heavy (non-hydrogen) atoms. The fraction of sp³-hybridized carbons (Fsp3) is 0.667. The Morgan fingerprint density at radius 2 is 1.78 bits per heavy atom. The quantitative estimate of drug-likeness (QED) is 0.683. The predicted octanol–water partition coefficient (Wildman–Crippen LogP) is 2.42. The third-order valence-corrected chi connectivity index (χ3v) is 3.72. The number of aliphatic hydroxyl groups excluding tert-OH is 1. The van der Waals surface area contributed by atoms with Gasteiger partial charge in [0, 0.05) is 18.6 Å². The van der Waals surface area contributed by atoms with E-state index in [0.29, 0.717) is 18.8 Å². The molecule has 2 N–H and O–H groups in total. The molecule has 1 rings (SSSR count). The lowest BCUT2D eigenvalue weighted by atomic mass is 9.86. The molecule has 0 unspecified atom stereocenters. The highest BCUT2D eigenvalue weighted by Gasteiger charge is 2.24. The maximum absolute atomic E-state index is 12.1. The van der Waals surface area contributed by atoms with Gasteiger partial charge >= 0.3 is 0 Å². The molecule has 0 atom stereocenters. The minimum Gasteiger partial charge on any atom is -0.396 e. The van der Waals surface area contributed by atoms with Crippen LogP contribution in [0.2, 0.25) is 0 Å². The first-order valence-electron chi connectivity index (χ1n) is 6.84. The summed E-state index contributed by atoms with van der Waals surface area (Å²) in [5.74, 6) is 0.508. The zero-order valence-corrected chi connectivity index (χ0v) is 11.1. The van der Waals surface area contributed by atoms with Gasteiger partial charge in [0.2, 0.25) is 5.91 Å². The Balaban J connectivity index is 2.38. The lowest BCUT2D eigenvalue weighted by Gasteiger charge is -2.29. The van der Waals surface area contributed by atoms with Crippen LogP contribution in [0.15, 0.2) is 25.3 Å². The van der Waals surface area contributed by atoms with E-state index in [4.69, 9.17) is 5.11 Å². The maximum Gasteiger partial charge on any atom is 0.223 e. The molecule has 0 aromatic carbocycles. The van der Waals surface area contributed by atoms with Gasteiger partial charge in [-0.2, -0.15) is 0 Å². The zero-order valence-electron chi connectivity index (χ0n) is 11.1. The normalized spacial score (nSPS) is 23.7. The minimum absolute atomic E-state index is 0.0319. The van der Waals surface area contributed by atoms with Crippen LogP contribution in [0.25, 0.3) is 0 Å². The number of nitrogens with one attached hydrogen (secondary N) is 1. The van der Waals surface area contributed by atoms with Crippen LogP contribution in [0.4, 0.5) is 0 Å². The Morgan fingerprint density at radius 1 is 1.22 bits per heavy atom. The highest BCUT2D eigenvalue weighted by molar-refractivity contribution is 5.79. The van der Waals surface area contributed by atoms with Gasteiger partial charge in [-0.3, -0.25) is 4.79 Å². The number of allylic oxidation sites excluding steroid dienone is 2. The van der Waals surface area contributed by atoms with E-state index in [0.717, 1.165) is 25.7 Å². The van der Waals surface area contributed by atoms with Crippen molar-refractivity contribution in [2.75, 3.05) is 6.61 Å². The highest BCUT2D eigenvalue weighted by atomic mass is 16.3. The van der Waals surface area contributed by atoms with Crippen molar-refractivity contribution < 1.29 is 9.90 Å². The molecule has 0 spiro atoms. The SMILES string of the molecule is C=CCC(CC=C)C(=O)NC1CCC(CO)CC1. The van der Waals surface area contributed by atoms with Crippen LogP contribution in [0.1, 0.15) is 38.5 Å². The molecule has 1 fully saturated rings. The van der Waals surface area contributed by atoms with Crippen LogP contribution in [0.3, 0.4) is 0 Å². The van der Waals surface area contributed by atoms with Crippen molar-refractivity contribution in [3.8, 4) is 0 Å². The molecular weight excluding hydrogens is 226 g/mol. The fourth-order valence-corrected chi connectivity index (χ4v) is 2.52. The smallest absolute Gasteiger partial charge is 0.223 e. The van der Waals surface area contributed by atoms with Gasteiger partial charge in [-0.1, -0.05) is 12.2 Å². The first kappa shape index (κ1) is 15.0. The van der Waals surface area contributed by atoms with E-state index in [2.05, 4.69) is 18.5 Å². The van der Waals surface area contributed by atoms with Gasteiger partial charge in [-0.15, -0.1) is 13.2 Å². The van der Waals surface area contributed by atoms with E-state index in [1.165, 1.54) is 0 Å². The van der Waals surface area contributed by atoms with Crippen molar-refractivity contribution in [2.45, 2.75) is 44.6 Å². The van der Waals surface area contributed by atoms with Crippen molar-refractivity contribution in [1.82, 2.24) is 5.32 Å². The summed E-state index contributed by atoms with van der Waals surface area (Å²) in [5.41, 5.74) is 0. The average Bonchev–Trinajstić information content (AvgIpc) is 2.39. The molecule has 102 valence electrons. The number of carbonyl (C=O) groups excluding carboxylic acids is 1. The molecule has 3 heteroatoms. The Morgan fingerprint density at radius 3 is 2.22 bits per heavy atom. The average molecular weight is 251 g/mol. The number of aliphatic hydroxyl groups is 1. The summed E-state index contributed by atoms with van der Waals surface area (Å²) >= 11 is 0. The second kappa shape index (κ2) is 8.09. The van der Waals surface area contributed by atoms with Crippen LogP contribution < -0.4 is 5.32 Å². The summed E-state index contributed by atoms with van der Waals surface area (Å²) in [6, 6.07) is 0.275. The van der Waals surface area contributed by atoms with Gasteiger partial charge in [0.05, 0.1) is 0 Å². The van der Waals surface area contributed by atoms with Crippen molar-refractivity contribution >= 4 is 5.91 Å². The number of hydrogen-bond acceptors (Lipinski definition) is 2. The van der Waals surface area contributed by atoms with E-state index in [-0.39, 0.29) is 24.5 Å². The summed E-state index contributed by atoms with van der Waals surface area (Å²) in [4.78, 5) is 12.1. The Bertz CT molecular complexity index is 270.